The van der Waals surface area contributed by atoms with Crippen LogP contribution in [-0.4, -0.2) is 19.3 Å². The zero-order valence-electron chi connectivity index (χ0n) is 12.1. The van der Waals surface area contributed by atoms with Gasteiger partial charge in [-0.05, 0) is 24.6 Å². The van der Waals surface area contributed by atoms with Gasteiger partial charge in [0.15, 0.2) is 0 Å². The predicted octanol–water partition coefficient (Wildman–Crippen LogP) is 4.31. The number of ether oxygens (including phenoxy) is 3. The Morgan fingerprint density at radius 3 is 1.95 bits per heavy atom. The molecule has 0 radical (unpaired) electrons. The second-order valence-electron chi connectivity index (χ2n) is 4.51. The molecule has 0 aromatic heterocycles. The number of halogens is 1. The molecule has 0 aliphatic rings. The second-order valence-corrected chi connectivity index (χ2v) is 5.36. The van der Waals surface area contributed by atoms with E-state index in [1.807, 2.05) is 12.1 Å². The van der Waals surface area contributed by atoms with Crippen molar-refractivity contribution in [2.75, 3.05) is 14.2 Å². The number of hydrogen-bond acceptors (Lipinski definition) is 4. The van der Waals surface area contributed by atoms with Crippen molar-refractivity contribution in [2.24, 2.45) is 0 Å². The van der Waals surface area contributed by atoms with Crippen molar-refractivity contribution in [3.05, 3.63) is 46.4 Å². The molecular weight excluding hydrogens is 336 g/mol. The number of aliphatic hydroxyl groups is 1. The Hall–Kier alpha value is -1.72. The zero-order chi connectivity index (χ0) is 15.4. The highest BCUT2D eigenvalue weighted by Gasteiger charge is 2.09. The van der Waals surface area contributed by atoms with E-state index < -0.39 is 6.10 Å². The van der Waals surface area contributed by atoms with Crippen molar-refractivity contribution in [1.29, 1.82) is 0 Å². The number of rotatable bonds is 5. The van der Waals surface area contributed by atoms with Gasteiger partial charge in [0.2, 0.25) is 0 Å². The summed E-state index contributed by atoms with van der Waals surface area (Å²) in [4.78, 5) is 0. The average molecular weight is 353 g/mol. The van der Waals surface area contributed by atoms with Crippen molar-refractivity contribution < 1.29 is 19.3 Å². The van der Waals surface area contributed by atoms with Gasteiger partial charge in [0.05, 0.1) is 20.3 Å². The van der Waals surface area contributed by atoms with Crippen LogP contribution in [0.15, 0.2) is 40.9 Å². The third-order valence-corrected chi connectivity index (χ3v) is 3.67. The molecule has 2 rings (SSSR count). The third kappa shape index (κ3) is 3.89. The Kier molecular flexibility index (Phi) is 5.09. The van der Waals surface area contributed by atoms with Gasteiger partial charge in [-0.2, -0.15) is 0 Å². The lowest BCUT2D eigenvalue weighted by molar-refractivity contribution is 0.198. The summed E-state index contributed by atoms with van der Waals surface area (Å²) in [7, 11) is 3.18. The van der Waals surface area contributed by atoms with E-state index in [2.05, 4.69) is 15.9 Å². The maximum absolute atomic E-state index is 9.62. The quantitative estimate of drug-likeness (QED) is 0.870. The average Bonchev–Trinajstić information content (AvgIpc) is 2.46. The van der Waals surface area contributed by atoms with Crippen LogP contribution in [0.5, 0.6) is 23.0 Å². The molecule has 0 saturated carbocycles. The molecule has 0 saturated heterocycles. The molecule has 5 heteroatoms. The molecule has 1 atom stereocenters. The van der Waals surface area contributed by atoms with E-state index in [0.717, 1.165) is 10.0 Å². The van der Waals surface area contributed by atoms with Crippen molar-refractivity contribution in [1.82, 2.24) is 0 Å². The molecule has 1 N–H and O–H groups in total. The summed E-state index contributed by atoms with van der Waals surface area (Å²) < 4.78 is 17.0. The minimum atomic E-state index is -0.537. The summed E-state index contributed by atoms with van der Waals surface area (Å²) in [6, 6.07) is 10.8. The van der Waals surface area contributed by atoms with Crippen molar-refractivity contribution in [3.63, 3.8) is 0 Å². The Morgan fingerprint density at radius 2 is 1.48 bits per heavy atom. The van der Waals surface area contributed by atoms with Crippen LogP contribution in [0.3, 0.4) is 0 Å². The summed E-state index contributed by atoms with van der Waals surface area (Å²) in [6.45, 7) is 1.72. The van der Waals surface area contributed by atoms with Gasteiger partial charge in [-0.15, -0.1) is 0 Å². The van der Waals surface area contributed by atoms with Crippen LogP contribution in [0.4, 0.5) is 0 Å². The fourth-order valence-corrected chi connectivity index (χ4v) is 2.58. The Morgan fingerprint density at radius 1 is 0.905 bits per heavy atom. The van der Waals surface area contributed by atoms with Crippen molar-refractivity contribution in [3.8, 4) is 23.0 Å². The maximum Gasteiger partial charge on any atom is 0.134 e. The Labute approximate surface area is 132 Å². The molecule has 4 nitrogen and oxygen atoms in total. The topological polar surface area (TPSA) is 47.9 Å². The first-order valence-corrected chi connectivity index (χ1v) is 7.21. The second kappa shape index (κ2) is 6.83. The molecule has 0 aliphatic carbocycles. The van der Waals surface area contributed by atoms with Gasteiger partial charge in [-0.1, -0.05) is 22.0 Å². The smallest absolute Gasteiger partial charge is 0.134 e. The van der Waals surface area contributed by atoms with E-state index in [4.69, 9.17) is 14.2 Å². The molecular formula is C16H17BrO4. The van der Waals surface area contributed by atoms with E-state index in [-0.39, 0.29) is 0 Å². The van der Waals surface area contributed by atoms with Gasteiger partial charge in [-0.25, -0.2) is 0 Å². The van der Waals surface area contributed by atoms with E-state index in [0.29, 0.717) is 23.0 Å². The Bertz CT molecular complexity index is 603. The molecule has 1 unspecified atom stereocenters. The summed E-state index contributed by atoms with van der Waals surface area (Å²) in [6.07, 6.45) is -0.537. The van der Waals surface area contributed by atoms with Crippen LogP contribution < -0.4 is 14.2 Å². The SMILES string of the molecule is COc1cc(OC)cc(Oc2ccc(C(C)O)c(Br)c2)c1. The first-order chi connectivity index (χ1) is 10.0. The molecule has 0 spiro atoms. The lowest BCUT2D eigenvalue weighted by atomic mass is 10.1. The fourth-order valence-electron chi connectivity index (χ4n) is 1.89. The first-order valence-electron chi connectivity index (χ1n) is 6.42. The number of aliphatic hydroxyl groups excluding tert-OH is 1. The minimum Gasteiger partial charge on any atom is -0.496 e. The van der Waals surface area contributed by atoms with E-state index in [1.54, 1.807) is 45.4 Å². The lowest BCUT2D eigenvalue weighted by Gasteiger charge is -2.12. The molecule has 0 bridgehead atoms. The molecule has 2 aromatic rings. The highest BCUT2D eigenvalue weighted by molar-refractivity contribution is 9.10. The highest BCUT2D eigenvalue weighted by Crippen LogP contribution is 2.33. The lowest BCUT2D eigenvalue weighted by Crippen LogP contribution is -1.94. The maximum atomic E-state index is 9.62. The van der Waals surface area contributed by atoms with E-state index in [9.17, 15) is 5.11 Å². The number of benzene rings is 2. The first kappa shape index (κ1) is 15.7. The van der Waals surface area contributed by atoms with Gasteiger partial charge in [0.1, 0.15) is 23.0 Å². The van der Waals surface area contributed by atoms with E-state index in [1.165, 1.54) is 0 Å². The molecule has 0 fully saturated rings. The van der Waals surface area contributed by atoms with Gasteiger partial charge in [0.25, 0.3) is 0 Å². The largest absolute Gasteiger partial charge is 0.496 e. The number of methoxy groups -OCH3 is 2. The third-order valence-electron chi connectivity index (χ3n) is 2.98. The predicted molar refractivity (Wildman–Crippen MR) is 84.4 cm³/mol. The number of hydrogen-bond donors (Lipinski definition) is 1. The molecule has 21 heavy (non-hydrogen) atoms. The standard InChI is InChI=1S/C16H17BrO4/c1-10(18)15-5-4-11(9-16(15)17)21-14-7-12(19-2)6-13(8-14)20-3/h4-10,18H,1-3H3. The van der Waals surface area contributed by atoms with Crippen molar-refractivity contribution in [2.45, 2.75) is 13.0 Å². The zero-order valence-corrected chi connectivity index (χ0v) is 13.7. The van der Waals surface area contributed by atoms with Crippen LogP contribution in [0, 0.1) is 0 Å². The molecule has 0 heterocycles. The minimum absolute atomic E-state index is 0.537. The van der Waals surface area contributed by atoms with Crippen LogP contribution in [-0.2, 0) is 0 Å². The van der Waals surface area contributed by atoms with Crippen LogP contribution in [0.1, 0.15) is 18.6 Å². The molecule has 2 aromatic carbocycles. The van der Waals surface area contributed by atoms with E-state index >= 15 is 0 Å². The molecule has 0 amide bonds. The summed E-state index contributed by atoms with van der Waals surface area (Å²) >= 11 is 3.43. The monoisotopic (exact) mass is 352 g/mol. The summed E-state index contributed by atoms with van der Waals surface area (Å²) in [5.41, 5.74) is 0.811. The van der Waals surface area contributed by atoms with Gasteiger partial charge in [-0.3, -0.25) is 0 Å². The normalized spacial score (nSPS) is 11.9. The van der Waals surface area contributed by atoms with Crippen LogP contribution in [0.25, 0.3) is 0 Å². The van der Waals surface area contributed by atoms with Gasteiger partial charge in [0, 0.05) is 22.7 Å². The molecule has 112 valence electrons. The summed E-state index contributed by atoms with van der Waals surface area (Å²) in [5, 5.41) is 9.62. The highest BCUT2D eigenvalue weighted by atomic mass is 79.9. The van der Waals surface area contributed by atoms with Gasteiger partial charge >= 0.3 is 0 Å². The van der Waals surface area contributed by atoms with Crippen molar-refractivity contribution >= 4 is 15.9 Å². The van der Waals surface area contributed by atoms with Crippen LogP contribution in [0.2, 0.25) is 0 Å². The van der Waals surface area contributed by atoms with Crippen LogP contribution >= 0.6 is 15.9 Å². The Balaban J connectivity index is 2.27. The van der Waals surface area contributed by atoms with Gasteiger partial charge < -0.3 is 19.3 Å². The summed E-state index contributed by atoms with van der Waals surface area (Å²) in [5.74, 6) is 2.58. The fraction of sp³-hybridized carbons (Fsp3) is 0.250. The molecule has 0 aliphatic heterocycles.